The highest BCUT2D eigenvalue weighted by Gasteiger charge is 2.04. The van der Waals surface area contributed by atoms with Gasteiger partial charge in [0.25, 0.3) is 0 Å². The largest absolute Gasteiger partial charge is 0.349 e. The molecule has 14 heavy (non-hydrogen) atoms. The standard InChI is InChI=1S/C12H14NO/c1-3-12(14)13-10(2)9-11-7-5-4-6-8-11/h3-10H,1H2,2H3,(H,13,14). The molecule has 1 amide bonds. The molecule has 0 saturated carbocycles. The molecular weight excluding hydrogens is 174 g/mol. The molecule has 0 aliphatic heterocycles. The second-order valence-electron chi connectivity index (χ2n) is 3.08. The van der Waals surface area contributed by atoms with Crippen LogP contribution in [0.2, 0.25) is 0 Å². The topological polar surface area (TPSA) is 29.1 Å². The average Bonchev–Trinajstić information content (AvgIpc) is 2.19. The zero-order valence-electron chi connectivity index (χ0n) is 8.23. The molecule has 0 spiro atoms. The van der Waals surface area contributed by atoms with E-state index in [0.29, 0.717) is 0 Å². The number of hydrogen-bond donors (Lipinski definition) is 1. The van der Waals surface area contributed by atoms with Gasteiger partial charge in [-0.05, 0) is 18.6 Å². The Morgan fingerprint density at radius 2 is 2.07 bits per heavy atom. The third-order valence-electron chi connectivity index (χ3n) is 1.80. The molecule has 1 rings (SSSR count). The summed E-state index contributed by atoms with van der Waals surface area (Å²) in [6.45, 7) is 5.32. The van der Waals surface area contributed by atoms with E-state index in [1.807, 2.05) is 43.7 Å². The van der Waals surface area contributed by atoms with Gasteiger partial charge in [0.2, 0.25) is 5.91 Å². The van der Waals surface area contributed by atoms with Gasteiger partial charge in [-0.25, -0.2) is 0 Å². The molecule has 1 atom stereocenters. The van der Waals surface area contributed by atoms with Gasteiger partial charge in [-0.15, -0.1) is 0 Å². The summed E-state index contributed by atoms with van der Waals surface area (Å²) < 4.78 is 0. The molecule has 0 bridgehead atoms. The zero-order chi connectivity index (χ0) is 10.4. The van der Waals surface area contributed by atoms with Crippen molar-refractivity contribution in [3.8, 4) is 0 Å². The van der Waals surface area contributed by atoms with Gasteiger partial charge in [0.05, 0.1) is 0 Å². The summed E-state index contributed by atoms with van der Waals surface area (Å²) in [5.41, 5.74) is 1.10. The quantitative estimate of drug-likeness (QED) is 0.719. The average molecular weight is 188 g/mol. The maximum atomic E-state index is 11.0. The smallest absolute Gasteiger partial charge is 0.243 e. The van der Waals surface area contributed by atoms with Crippen LogP contribution in [-0.4, -0.2) is 11.9 Å². The molecule has 1 aromatic rings. The molecule has 0 aromatic heterocycles. The van der Waals surface area contributed by atoms with Crippen LogP contribution < -0.4 is 5.32 Å². The number of hydrogen-bond acceptors (Lipinski definition) is 1. The molecule has 1 aromatic carbocycles. The normalized spacial score (nSPS) is 11.8. The van der Waals surface area contributed by atoms with E-state index in [9.17, 15) is 4.79 Å². The lowest BCUT2D eigenvalue weighted by atomic mass is 10.1. The fourth-order valence-corrected chi connectivity index (χ4v) is 1.18. The third-order valence-corrected chi connectivity index (χ3v) is 1.80. The van der Waals surface area contributed by atoms with Gasteiger partial charge in [0, 0.05) is 12.5 Å². The fraction of sp³-hybridized carbons (Fsp3) is 0.167. The van der Waals surface area contributed by atoms with Gasteiger partial charge < -0.3 is 5.32 Å². The van der Waals surface area contributed by atoms with Crippen molar-refractivity contribution in [3.05, 3.63) is 55.0 Å². The van der Waals surface area contributed by atoms with Gasteiger partial charge in [-0.2, -0.15) is 0 Å². The van der Waals surface area contributed by atoms with Crippen molar-refractivity contribution < 1.29 is 4.79 Å². The lowest BCUT2D eigenvalue weighted by Gasteiger charge is -2.11. The van der Waals surface area contributed by atoms with Crippen LogP contribution in [0.1, 0.15) is 12.5 Å². The van der Waals surface area contributed by atoms with Crippen molar-refractivity contribution in [3.63, 3.8) is 0 Å². The summed E-state index contributed by atoms with van der Waals surface area (Å²) in [5, 5.41) is 2.77. The minimum absolute atomic E-state index is 0.0166. The third kappa shape index (κ3) is 3.44. The Labute approximate surface area is 84.6 Å². The molecule has 1 unspecified atom stereocenters. The Morgan fingerprint density at radius 1 is 1.43 bits per heavy atom. The van der Waals surface area contributed by atoms with Crippen LogP contribution in [0.15, 0.2) is 43.0 Å². The van der Waals surface area contributed by atoms with Crippen molar-refractivity contribution in [2.75, 3.05) is 0 Å². The van der Waals surface area contributed by atoms with Crippen molar-refractivity contribution >= 4 is 5.91 Å². The maximum Gasteiger partial charge on any atom is 0.243 e. The number of carbonyl (C=O) groups excluding carboxylic acids is 1. The number of amides is 1. The second-order valence-corrected chi connectivity index (χ2v) is 3.08. The summed E-state index contributed by atoms with van der Waals surface area (Å²) in [4.78, 5) is 11.0. The molecule has 0 fully saturated rings. The summed E-state index contributed by atoms with van der Waals surface area (Å²) in [7, 11) is 0. The first-order valence-corrected chi connectivity index (χ1v) is 4.55. The van der Waals surface area contributed by atoms with Crippen LogP contribution >= 0.6 is 0 Å². The molecular formula is C12H14NO. The molecule has 0 aliphatic rings. The van der Waals surface area contributed by atoms with E-state index in [-0.39, 0.29) is 11.9 Å². The summed E-state index contributed by atoms with van der Waals surface area (Å²) >= 11 is 0. The van der Waals surface area contributed by atoms with Gasteiger partial charge >= 0.3 is 0 Å². The second kappa shape index (κ2) is 5.22. The fourth-order valence-electron chi connectivity index (χ4n) is 1.18. The predicted octanol–water partition coefficient (Wildman–Crippen LogP) is 1.93. The zero-order valence-corrected chi connectivity index (χ0v) is 8.23. The van der Waals surface area contributed by atoms with Crippen molar-refractivity contribution in [2.24, 2.45) is 0 Å². The highest BCUT2D eigenvalue weighted by molar-refractivity contribution is 5.87. The summed E-state index contributed by atoms with van der Waals surface area (Å²) in [5.74, 6) is -0.148. The minimum Gasteiger partial charge on any atom is -0.349 e. The first-order chi connectivity index (χ1) is 6.72. The lowest BCUT2D eigenvalue weighted by molar-refractivity contribution is -0.116. The van der Waals surface area contributed by atoms with Crippen LogP contribution in [-0.2, 0) is 4.79 Å². The first-order valence-electron chi connectivity index (χ1n) is 4.55. The van der Waals surface area contributed by atoms with E-state index in [4.69, 9.17) is 0 Å². The Bertz CT molecular complexity index is 305. The van der Waals surface area contributed by atoms with Gasteiger partial charge in [0.1, 0.15) is 0 Å². The van der Waals surface area contributed by atoms with Crippen LogP contribution in [0.5, 0.6) is 0 Å². The Balaban J connectivity index is 2.45. The molecule has 1 N–H and O–H groups in total. The Kier molecular flexibility index (Phi) is 3.92. The molecule has 0 heterocycles. The van der Waals surface area contributed by atoms with E-state index in [1.165, 1.54) is 6.08 Å². The number of benzene rings is 1. The monoisotopic (exact) mass is 188 g/mol. The molecule has 2 heteroatoms. The van der Waals surface area contributed by atoms with Crippen LogP contribution in [0.4, 0.5) is 0 Å². The van der Waals surface area contributed by atoms with E-state index in [2.05, 4.69) is 11.9 Å². The van der Waals surface area contributed by atoms with Crippen LogP contribution in [0.3, 0.4) is 0 Å². The lowest BCUT2D eigenvalue weighted by Crippen LogP contribution is -2.31. The Hall–Kier alpha value is -1.57. The highest BCUT2D eigenvalue weighted by atomic mass is 16.1. The van der Waals surface area contributed by atoms with E-state index in [1.54, 1.807) is 0 Å². The molecule has 0 saturated heterocycles. The number of carbonyl (C=O) groups is 1. The maximum absolute atomic E-state index is 11.0. The van der Waals surface area contributed by atoms with Crippen LogP contribution in [0, 0.1) is 6.42 Å². The minimum atomic E-state index is -0.148. The van der Waals surface area contributed by atoms with Gasteiger partial charge in [-0.3, -0.25) is 4.79 Å². The highest BCUT2D eigenvalue weighted by Crippen LogP contribution is 2.04. The predicted molar refractivity (Wildman–Crippen MR) is 57.6 cm³/mol. The summed E-state index contributed by atoms with van der Waals surface area (Å²) in [6.07, 6.45) is 3.26. The van der Waals surface area contributed by atoms with E-state index in [0.717, 1.165) is 5.56 Å². The number of rotatable bonds is 4. The van der Waals surface area contributed by atoms with Crippen LogP contribution in [0.25, 0.3) is 0 Å². The molecule has 1 radical (unpaired) electrons. The SMILES string of the molecule is C=CC(=O)NC(C)[CH]c1ccccc1. The van der Waals surface area contributed by atoms with Crippen molar-refractivity contribution in [1.82, 2.24) is 5.32 Å². The first kappa shape index (κ1) is 10.5. The van der Waals surface area contributed by atoms with E-state index < -0.39 is 0 Å². The van der Waals surface area contributed by atoms with Gasteiger partial charge in [-0.1, -0.05) is 36.9 Å². The molecule has 0 aliphatic carbocycles. The molecule has 2 nitrogen and oxygen atoms in total. The van der Waals surface area contributed by atoms with Gasteiger partial charge in [0.15, 0.2) is 0 Å². The number of nitrogens with one attached hydrogen (secondary N) is 1. The Morgan fingerprint density at radius 3 is 2.64 bits per heavy atom. The van der Waals surface area contributed by atoms with Crippen molar-refractivity contribution in [1.29, 1.82) is 0 Å². The summed E-state index contributed by atoms with van der Waals surface area (Å²) in [6, 6.07) is 9.90. The van der Waals surface area contributed by atoms with E-state index >= 15 is 0 Å². The molecule has 73 valence electrons. The van der Waals surface area contributed by atoms with Crippen molar-refractivity contribution in [2.45, 2.75) is 13.0 Å².